The van der Waals surface area contributed by atoms with Gasteiger partial charge in [0.15, 0.2) is 11.6 Å². The van der Waals surface area contributed by atoms with Gasteiger partial charge in [-0.3, -0.25) is 9.59 Å². The predicted molar refractivity (Wildman–Crippen MR) is 125 cm³/mol. The fourth-order valence-corrected chi connectivity index (χ4v) is 5.18. The molecule has 0 radical (unpaired) electrons. The summed E-state index contributed by atoms with van der Waals surface area (Å²) >= 11 is 0. The summed E-state index contributed by atoms with van der Waals surface area (Å²) in [6.45, 7) is 2.26. The highest BCUT2D eigenvalue weighted by Gasteiger charge is 2.33. The molecule has 0 heterocycles. The van der Waals surface area contributed by atoms with Crippen molar-refractivity contribution >= 4 is 17.1 Å². The summed E-state index contributed by atoms with van der Waals surface area (Å²) in [5, 5.41) is 0. The molecular weight excluding hydrogens is 384 g/mol. The van der Waals surface area contributed by atoms with Gasteiger partial charge in [0.1, 0.15) is 0 Å². The molecule has 0 aromatic heterocycles. The van der Waals surface area contributed by atoms with E-state index in [1.165, 1.54) is 69.1 Å². The molecule has 0 bridgehead atoms. The molecule has 4 heteroatoms. The summed E-state index contributed by atoms with van der Waals surface area (Å²) in [7, 11) is 0. The number of carbonyl (C=O) groups is 2. The van der Waals surface area contributed by atoms with Crippen molar-refractivity contribution in [3.05, 3.63) is 76.2 Å². The summed E-state index contributed by atoms with van der Waals surface area (Å²) in [6, 6.07) is 8.29. The van der Waals surface area contributed by atoms with Crippen LogP contribution in [0.3, 0.4) is 0 Å². The Morgan fingerprint density at radius 2 is 1.58 bits per heavy atom. The Morgan fingerprint density at radius 3 is 2.26 bits per heavy atom. The number of nitrogens with two attached hydrogens (primary N) is 2. The van der Waals surface area contributed by atoms with E-state index in [1.807, 2.05) is 12.1 Å². The van der Waals surface area contributed by atoms with Gasteiger partial charge >= 0.3 is 0 Å². The monoisotopic (exact) mass is 416 g/mol. The Bertz CT molecular complexity index is 1000. The van der Waals surface area contributed by atoms with Crippen molar-refractivity contribution in [3.63, 3.8) is 0 Å². The molecule has 0 atom stereocenters. The molecule has 4 rings (SSSR count). The van der Waals surface area contributed by atoms with E-state index in [1.54, 1.807) is 6.08 Å². The Labute approximate surface area is 184 Å². The Kier molecular flexibility index (Phi) is 6.26. The fourth-order valence-electron chi connectivity index (χ4n) is 5.18. The second-order valence-electron chi connectivity index (χ2n) is 9.08. The van der Waals surface area contributed by atoms with Crippen LogP contribution in [-0.4, -0.2) is 11.6 Å². The SMILES string of the molecule is CCCCCC1CCC(c2ccc(C3=CC(N)=C4C(=O)C=CC(N)=C4C3=O)cc2)CC1. The van der Waals surface area contributed by atoms with Gasteiger partial charge in [0.25, 0.3) is 0 Å². The number of rotatable bonds is 6. The van der Waals surface area contributed by atoms with Crippen LogP contribution in [-0.2, 0) is 9.59 Å². The van der Waals surface area contributed by atoms with Gasteiger partial charge in [-0.15, -0.1) is 0 Å². The van der Waals surface area contributed by atoms with E-state index in [-0.39, 0.29) is 22.7 Å². The minimum atomic E-state index is -0.272. The molecule has 1 aromatic rings. The van der Waals surface area contributed by atoms with Gasteiger partial charge in [-0.05, 0) is 66.9 Å². The predicted octanol–water partition coefficient (Wildman–Crippen LogP) is 5.07. The molecule has 3 aliphatic rings. The van der Waals surface area contributed by atoms with Crippen molar-refractivity contribution in [2.75, 3.05) is 0 Å². The quantitative estimate of drug-likeness (QED) is 0.634. The number of carbonyl (C=O) groups excluding carboxylic acids is 2. The lowest BCUT2D eigenvalue weighted by molar-refractivity contribution is -0.113. The van der Waals surface area contributed by atoms with Crippen molar-refractivity contribution < 1.29 is 9.59 Å². The fraction of sp³-hybridized carbons (Fsp3) is 0.407. The lowest BCUT2D eigenvalue weighted by atomic mass is 9.76. The normalized spacial score (nSPS) is 23.8. The molecule has 0 aliphatic heterocycles. The average molecular weight is 417 g/mol. The zero-order valence-corrected chi connectivity index (χ0v) is 18.3. The minimum absolute atomic E-state index is 0.223. The van der Waals surface area contributed by atoms with Crippen LogP contribution >= 0.6 is 0 Å². The van der Waals surface area contributed by atoms with Crippen LogP contribution in [0.1, 0.15) is 75.3 Å². The van der Waals surface area contributed by atoms with Crippen LogP contribution in [0.15, 0.2) is 65.0 Å². The first-order chi connectivity index (χ1) is 15.0. The first kappa shape index (κ1) is 21.4. The second kappa shape index (κ2) is 9.09. The van der Waals surface area contributed by atoms with Crippen LogP contribution in [0.25, 0.3) is 5.57 Å². The Balaban J connectivity index is 1.48. The van der Waals surface area contributed by atoms with E-state index in [2.05, 4.69) is 19.1 Å². The first-order valence-electron chi connectivity index (χ1n) is 11.6. The molecule has 1 aromatic carbocycles. The third kappa shape index (κ3) is 4.30. The number of hydrogen-bond acceptors (Lipinski definition) is 4. The number of benzene rings is 1. The van der Waals surface area contributed by atoms with Crippen LogP contribution in [0, 0.1) is 5.92 Å². The molecule has 162 valence electrons. The maximum absolute atomic E-state index is 13.1. The molecule has 0 amide bonds. The van der Waals surface area contributed by atoms with Gasteiger partial charge in [-0.25, -0.2) is 0 Å². The van der Waals surface area contributed by atoms with Crippen molar-refractivity contribution in [2.24, 2.45) is 17.4 Å². The standard InChI is InChI=1S/C27H32N2O2/c1-2-3-4-5-17-6-8-18(9-7-17)19-10-12-20(13-11-19)21-16-23(29)25-24(30)15-14-22(28)26(25)27(21)31/h10-18H,2-9,28-29H2,1H3. The zero-order chi connectivity index (χ0) is 22.0. The van der Waals surface area contributed by atoms with E-state index < -0.39 is 0 Å². The van der Waals surface area contributed by atoms with Gasteiger partial charge in [0.2, 0.25) is 0 Å². The van der Waals surface area contributed by atoms with Gasteiger partial charge in [-0.2, -0.15) is 0 Å². The first-order valence-corrected chi connectivity index (χ1v) is 11.6. The molecule has 0 saturated heterocycles. The highest BCUT2D eigenvalue weighted by atomic mass is 16.1. The minimum Gasteiger partial charge on any atom is -0.398 e. The number of allylic oxidation sites excluding steroid dienone is 6. The number of unbranched alkanes of at least 4 members (excludes halogenated alkanes) is 2. The molecule has 0 unspecified atom stereocenters. The topological polar surface area (TPSA) is 86.2 Å². The van der Waals surface area contributed by atoms with E-state index in [0.29, 0.717) is 22.9 Å². The third-order valence-electron chi connectivity index (χ3n) is 7.02. The van der Waals surface area contributed by atoms with Gasteiger partial charge in [-0.1, -0.05) is 56.9 Å². The maximum atomic E-state index is 13.1. The van der Waals surface area contributed by atoms with Crippen molar-refractivity contribution in [2.45, 2.75) is 64.2 Å². The van der Waals surface area contributed by atoms with Crippen LogP contribution < -0.4 is 11.5 Å². The average Bonchev–Trinajstić information content (AvgIpc) is 2.78. The number of ketones is 2. The molecule has 4 nitrogen and oxygen atoms in total. The highest BCUT2D eigenvalue weighted by molar-refractivity contribution is 6.36. The summed E-state index contributed by atoms with van der Waals surface area (Å²) in [5.41, 5.74) is 15.9. The lowest BCUT2D eigenvalue weighted by Crippen LogP contribution is -2.26. The van der Waals surface area contributed by atoms with Crippen LogP contribution in [0.4, 0.5) is 0 Å². The summed E-state index contributed by atoms with van der Waals surface area (Å²) in [6.07, 6.45) is 15.0. The molecule has 4 N–H and O–H groups in total. The van der Waals surface area contributed by atoms with Gasteiger partial charge in [0, 0.05) is 17.0 Å². The molecule has 1 fully saturated rings. The van der Waals surface area contributed by atoms with E-state index in [0.717, 1.165) is 11.5 Å². The van der Waals surface area contributed by atoms with Gasteiger partial charge < -0.3 is 11.5 Å². The van der Waals surface area contributed by atoms with Crippen LogP contribution in [0.2, 0.25) is 0 Å². The molecule has 1 saturated carbocycles. The number of fused-ring (bicyclic) bond motifs is 1. The van der Waals surface area contributed by atoms with Crippen molar-refractivity contribution in [3.8, 4) is 0 Å². The highest BCUT2D eigenvalue weighted by Crippen LogP contribution is 2.39. The molecule has 0 spiro atoms. The van der Waals surface area contributed by atoms with E-state index in [9.17, 15) is 9.59 Å². The van der Waals surface area contributed by atoms with E-state index in [4.69, 9.17) is 11.5 Å². The number of Topliss-reactive ketones (excluding diaryl/α,β-unsaturated/α-hetero) is 1. The lowest BCUT2D eigenvalue weighted by Gasteiger charge is -2.29. The smallest absolute Gasteiger partial charge is 0.196 e. The van der Waals surface area contributed by atoms with E-state index >= 15 is 0 Å². The summed E-state index contributed by atoms with van der Waals surface area (Å²) in [4.78, 5) is 25.3. The third-order valence-corrected chi connectivity index (χ3v) is 7.02. The van der Waals surface area contributed by atoms with Crippen LogP contribution in [0.5, 0.6) is 0 Å². The van der Waals surface area contributed by atoms with Gasteiger partial charge in [0.05, 0.1) is 11.1 Å². The molecule has 3 aliphatic carbocycles. The van der Waals surface area contributed by atoms with Crippen molar-refractivity contribution in [1.29, 1.82) is 0 Å². The zero-order valence-electron chi connectivity index (χ0n) is 18.3. The Morgan fingerprint density at radius 1 is 0.871 bits per heavy atom. The maximum Gasteiger partial charge on any atom is 0.196 e. The Hall–Kier alpha value is -2.88. The molecule has 31 heavy (non-hydrogen) atoms. The molecular formula is C27H32N2O2. The van der Waals surface area contributed by atoms with Crippen molar-refractivity contribution in [1.82, 2.24) is 0 Å². The summed E-state index contributed by atoms with van der Waals surface area (Å²) < 4.78 is 0. The summed E-state index contributed by atoms with van der Waals surface area (Å²) in [5.74, 6) is 0.983. The largest absolute Gasteiger partial charge is 0.398 e. The number of hydrogen-bond donors (Lipinski definition) is 2. The second-order valence-corrected chi connectivity index (χ2v) is 9.08.